The molecule has 0 N–H and O–H groups in total. The number of rotatable bonds is 2. The highest BCUT2D eigenvalue weighted by Crippen LogP contribution is 2.23. The normalized spacial score (nSPS) is 11.9. The van der Waals surface area contributed by atoms with Crippen LogP contribution in [0.4, 0.5) is 0 Å². The second-order valence-electron chi connectivity index (χ2n) is 3.44. The van der Waals surface area contributed by atoms with Crippen LogP contribution in [0.5, 0.6) is 0 Å². The SMILES string of the molecule is CC(C)S(=O)c1cc(C#N)c(S)c(C#N)c1. The van der Waals surface area contributed by atoms with Gasteiger partial charge in [-0.05, 0) is 12.1 Å². The van der Waals surface area contributed by atoms with Crippen molar-refractivity contribution in [2.45, 2.75) is 28.9 Å². The van der Waals surface area contributed by atoms with Crippen molar-refractivity contribution in [1.82, 2.24) is 0 Å². The molecule has 0 fully saturated rings. The molecule has 0 saturated carbocycles. The number of hydrogen-bond acceptors (Lipinski definition) is 4. The van der Waals surface area contributed by atoms with Crippen molar-refractivity contribution < 1.29 is 4.21 Å². The number of nitrogens with zero attached hydrogens (tertiary/aromatic N) is 2. The van der Waals surface area contributed by atoms with Gasteiger partial charge < -0.3 is 0 Å². The number of hydrogen-bond donors (Lipinski definition) is 1. The molecule has 1 rings (SSSR count). The lowest BCUT2D eigenvalue weighted by Gasteiger charge is -2.08. The first-order valence-corrected chi connectivity index (χ1v) is 6.25. The molecule has 16 heavy (non-hydrogen) atoms. The fourth-order valence-electron chi connectivity index (χ4n) is 1.17. The first-order valence-electron chi connectivity index (χ1n) is 4.59. The topological polar surface area (TPSA) is 64.7 Å². The molecule has 82 valence electrons. The van der Waals surface area contributed by atoms with Gasteiger partial charge in [0.25, 0.3) is 0 Å². The van der Waals surface area contributed by atoms with Crippen LogP contribution in [0.2, 0.25) is 0 Å². The Morgan fingerprint density at radius 2 is 1.69 bits per heavy atom. The minimum Gasteiger partial charge on any atom is -0.254 e. The van der Waals surface area contributed by atoms with Crippen molar-refractivity contribution in [2.24, 2.45) is 0 Å². The van der Waals surface area contributed by atoms with Crippen molar-refractivity contribution in [1.29, 1.82) is 10.5 Å². The molecule has 3 nitrogen and oxygen atoms in total. The standard InChI is InChI=1S/C11H10N2OS2/c1-7(2)16(14)10-3-8(5-12)11(15)9(4-10)6-13/h3-4,7,15H,1-2H3. The van der Waals surface area contributed by atoms with Crippen LogP contribution in [0.3, 0.4) is 0 Å². The lowest BCUT2D eigenvalue weighted by molar-refractivity contribution is 0.676. The van der Waals surface area contributed by atoms with Gasteiger partial charge in [0.1, 0.15) is 12.1 Å². The van der Waals surface area contributed by atoms with Gasteiger partial charge in [-0.25, -0.2) is 0 Å². The van der Waals surface area contributed by atoms with E-state index in [2.05, 4.69) is 12.6 Å². The monoisotopic (exact) mass is 250 g/mol. The van der Waals surface area contributed by atoms with E-state index in [1.54, 1.807) is 0 Å². The fraction of sp³-hybridized carbons (Fsp3) is 0.273. The lowest BCUT2D eigenvalue weighted by Crippen LogP contribution is -2.06. The van der Waals surface area contributed by atoms with E-state index in [4.69, 9.17) is 10.5 Å². The summed E-state index contributed by atoms with van der Waals surface area (Å²) in [6.45, 7) is 3.64. The Kier molecular flexibility index (Phi) is 4.12. The van der Waals surface area contributed by atoms with Gasteiger partial charge in [-0.15, -0.1) is 12.6 Å². The van der Waals surface area contributed by atoms with Gasteiger partial charge in [-0.1, -0.05) is 13.8 Å². The molecule has 0 amide bonds. The van der Waals surface area contributed by atoms with Crippen LogP contribution < -0.4 is 0 Å². The average Bonchev–Trinajstić information content (AvgIpc) is 2.28. The Balaban J connectivity index is 3.42. The summed E-state index contributed by atoms with van der Waals surface area (Å²) in [5.74, 6) is 0. The van der Waals surface area contributed by atoms with Gasteiger partial charge >= 0.3 is 0 Å². The molecule has 1 atom stereocenters. The summed E-state index contributed by atoms with van der Waals surface area (Å²) in [4.78, 5) is 0.843. The van der Waals surface area contributed by atoms with Gasteiger partial charge in [0, 0.05) is 15.0 Å². The zero-order valence-electron chi connectivity index (χ0n) is 8.89. The van der Waals surface area contributed by atoms with E-state index in [0.717, 1.165) is 0 Å². The Morgan fingerprint density at radius 1 is 1.25 bits per heavy atom. The minimum absolute atomic E-state index is 0.0520. The summed E-state index contributed by atoms with van der Waals surface area (Å²) in [7, 11) is -1.20. The molecule has 0 aliphatic heterocycles. The van der Waals surface area contributed by atoms with E-state index >= 15 is 0 Å². The van der Waals surface area contributed by atoms with Gasteiger partial charge in [0.2, 0.25) is 0 Å². The second kappa shape index (κ2) is 5.16. The summed E-state index contributed by atoms with van der Waals surface area (Å²) < 4.78 is 11.9. The molecule has 0 saturated heterocycles. The zero-order valence-corrected chi connectivity index (χ0v) is 10.6. The third-order valence-electron chi connectivity index (χ3n) is 1.98. The van der Waals surface area contributed by atoms with E-state index in [0.29, 0.717) is 9.79 Å². The van der Waals surface area contributed by atoms with E-state index in [1.807, 2.05) is 26.0 Å². The number of thiol groups is 1. The minimum atomic E-state index is -1.20. The van der Waals surface area contributed by atoms with Gasteiger partial charge in [-0.2, -0.15) is 10.5 Å². The summed E-state index contributed by atoms with van der Waals surface area (Å²) >= 11 is 4.10. The predicted molar refractivity (Wildman–Crippen MR) is 64.7 cm³/mol. The van der Waals surface area contributed by atoms with Gasteiger partial charge in [0.05, 0.1) is 21.9 Å². The van der Waals surface area contributed by atoms with Crippen molar-refractivity contribution >= 4 is 23.4 Å². The Bertz CT molecular complexity index is 489. The molecule has 0 aliphatic carbocycles. The molecule has 1 aromatic carbocycles. The summed E-state index contributed by atoms with van der Waals surface area (Å²) in [5.41, 5.74) is 0.567. The number of nitriles is 2. The van der Waals surface area contributed by atoms with Crippen LogP contribution in [0, 0.1) is 22.7 Å². The average molecular weight is 250 g/mol. The van der Waals surface area contributed by atoms with Crippen LogP contribution in [0.15, 0.2) is 21.9 Å². The first-order chi connectivity index (χ1) is 7.51. The van der Waals surface area contributed by atoms with Gasteiger partial charge in [0.15, 0.2) is 0 Å². The molecule has 0 spiro atoms. The zero-order chi connectivity index (χ0) is 12.3. The fourth-order valence-corrected chi connectivity index (χ4v) is 2.41. The maximum Gasteiger partial charge on any atom is 0.100 e. The Morgan fingerprint density at radius 3 is 2.00 bits per heavy atom. The lowest BCUT2D eigenvalue weighted by atomic mass is 10.1. The number of benzene rings is 1. The summed E-state index contributed by atoms with van der Waals surface area (Å²) in [6.07, 6.45) is 0. The molecular weight excluding hydrogens is 240 g/mol. The van der Waals surface area contributed by atoms with E-state index in [9.17, 15) is 4.21 Å². The van der Waals surface area contributed by atoms with E-state index < -0.39 is 10.8 Å². The smallest absolute Gasteiger partial charge is 0.100 e. The molecule has 1 aromatic rings. The van der Waals surface area contributed by atoms with Crippen LogP contribution in [0.1, 0.15) is 25.0 Å². The molecule has 5 heteroatoms. The largest absolute Gasteiger partial charge is 0.254 e. The maximum atomic E-state index is 11.9. The van der Waals surface area contributed by atoms with Crippen LogP contribution >= 0.6 is 12.6 Å². The molecule has 0 heterocycles. The summed E-state index contributed by atoms with van der Waals surface area (Å²) in [6, 6.07) is 6.94. The molecule has 0 aliphatic rings. The Labute approximate surface area is 103 Å². The van der Waals surface area contributed by atoms with Crippen molar-refractivity contribution in [2.75, 3.05) is 0 Å². The highest BCUT2D eigenvalue weighted by atomic mass is 32.2. The quantitative estimate of drug-likeness (QED) is 0.819. The highest BCUT2D eigenvalue weighted by Gasteiger charge is 2.14. The van der Waals surface area contributed by atoms with E-state index in [-0.39, 0.29) is 16.4 Å². The van der Waals surface area contributed by atoms with Crippen molar-refractivity contribution in [3.05, 3.63) is 23.3 Å². The van der Waals surface area contributed by atoms with Gasteiger partial charge in [-0.3, -0.25) is 4.21 Å². The summed E-state index contributed by atoms with van der Waals surface area (Å²) in [5, 5.41) is 17.7. The predicted octanol–water partition coefficient (Wildman–Crippen LogP) is 2.23. The highest BCUT2D eigenvalue weighted by molar-refractivity contribution is 7.85. The Hall–Kier alpha value is -1.30. The third kappa shape index (κ3) is 2.44. The van der Waals surface area contributed by atoms with E-state index in [1.165, 1.54) is 12.1 Å². The molecular formula is C11H10N2OS2. The first kappa shape index (κ1) is 12.8. The molecule has 0 bridgehead atoms. The van der Waals surface area contributed by atoms with Crippen molar-refractivity contribution in [3.63, 3.8) is 0 Å². The van der Waals surface area contributed by atoms with Crippen LogP contribution in [-0.4, -0.2) is 9.46 Å². The molecule has 1 unspecified atom stereocenters. The molecule has 0 aromatic heterocycles. The van der Waals surface area contributed by atoms with Crippen LogP contribution in [0.25, 0.3) is 0 Å². The molecule has 0 radical (unpaired) electrons. The third-order valence-corrected chi connectivity index (χ3v) is 4.02. The van der Waals surface area contributed by atoms with Crippen molar-refractivity contribution in [3.8, 4) is 12.1 Å². The van der Waals surface area contributed by atoms with Crippen LogP contribution in [-0.2, 0) is 10.8 Å². The second-order valence-corrected chi connectivity index (χ2v) is 5.89. The maximum absolute atomic E-state index is 11.9.